The lowest BCUT2D eigenvalue weighted by Gasteiger charge is -2.14. The van der Waals surface area contributed by atoms with E-state index < -0.39 is 25.0 Å². The van der Waals surface area contributed by atoms with Gasteiger partial charge in [-0.3, -0.25) is 19.7 Å². The topological polar surface area (TPSA) is 136 Å². The van der Waals surface area contributed by atoms with E-state index >= 15 is 0 Å². The first kappa shape index (κ1) is 19.8. The summed E-state index contributed by atoms with van der Waals surface area (Å²) in [6.45, 7) is 0. The minimum Gasteiger partial charge on any atom is -0.288 e. The van der Waals surface area contributed by atoms with E-state index in [4.69, 9.17) is 0 Å². The second kappa shape index (κ2) is 7.37. The molecule has 0 fully saturated rings. The highest BCUT2D eigenvalue weighted by Gasteiger charge is 2.21. The zero-order valence-electron chi connectivity index (χ0n) is 13.7. The van der Waals surface area contributed by atoms with Gasteiger partial charge in [-0.2, -0.15) is 0 Å². The van der Waals surface area contributed by atoms with Gasteiger partial charge in [0.25, 0.3) is 25.7 Å². The van der Waals surface area contributed by atoms with E-state index in [0.717, 1.165) is 24.3 Å². The van der Waals surface area contributed by atoms with E-state index in [-0.39, 0.29) is 21.2 Å². The molecule has 0 radical (unpaired) electrons. The van der Waals surface area contributed by atoms with Crippen molar-refractivity contribution in [3.05, 3.63) is 58.6 Å². The molecule has 0 aliphatic heterocycles. The van der Waals surface area contributed by atoms with Crippen LogP contribution < -0.4 is 4.72 Å². The Balaban J connectivity index is 2.24. The minimum absolute atomic E-state index is 0.0832. The Hall–Kier alpha value is -2.54. The maximum Gasteiger partial charge on any atom is 0.269 e. The number of nitrogens with one attached hydrogen (secondary N) is 1. The van der Waals surface area contributed by atoms with Crippen LogP contribution in [0.25, 0.3) is 0 Å². The first-order chi connectivity index (χ1) is 12.1. The molecule has 0 atom stereocenters. The molecule has 0 unspecified atom stereocenters. The SMILES string of the molecule is CON(C)S(=O)(=O)c1ccc(NS(=O)(=O)c2ccc([N+](=O)[O-])cc2)cc1. The Kier molecular flexibility index (Phi) is 5.61. The summed E-state index contributed by atoms with van der Waals surface area (Å²) in [5, 5.41) is 10.6. The number of sulfonamides is 2. The molecule has 0 aliphatic carbocycles. The number of non-ortho nitro benzene ring substituents is 1. The van der Waals surface area contributed by atoms with Gasteiger partial charge < -0.3 is 0 Å². The maximum absolute atomic E-state index is 12.3. The molecule has 0 spiro atoms. The Bertz CT molecular complexity index is 1000. The van der Waals surface area contributed by atoms with Crippen molar-refractivity contribution < 1.29 is 26.6 Å². The summed E-state index contributed by atoms with van der Waals surface area (Å²) in [4.78, 5) is 14.4. The van der Waals surface area contributed by atoms with Crippen molar-refractivity contribution in [1.82, 2.24) is 4.47 Å². The van der Waals surface area contributed by atoms with Crippen LogP contribution in [-0.2, 0) is 24.9 Å². The Morgan fingerprint density at radius 3 is 1.92 bits per heavy atom. The van der Waals surface area contributed by atoms with Gasteiger partial charge in [-0.25, -0.2) is 16.8 Å². The molecule has 26 heavy (non-hydrogen) atoms. The normalized spacial score (nSPS) is 12.1. The fourth-order valence-electron chi connectivity index (χ4n) is 1.90. The number of hydroxylamine groups is 1. The Labute approximate surface area is 150 Å². The van der Waals surface area contributed by atoms with Gasteiger partial charge in [0.2, 0.25) is 0 Å². The molecule has 0 aliphatic rings. The summed E-state index contributed by atoms with van der Waals surface area (Å²) in [5.41, 5.74) is -0.108. The summed E-state index contributed by atoms with van der Waals surface area (Å²) >= 11 is 0. The molecule has 12 heteroatoms. The van der Waals surface area contributed by atoms with E-state index in [0.29, 0.717) is 4.47 Å². The number of benzene rings is 2. The summed E-state index contributed by atoms with van der Waals surface area (Å²) in [6, 6.07) is 9.35. The molecule has 0 saturated heterocycles. The van der Waals surface area contributed by atoms with Gasteiger partial charge >= 0.3 is 0 Å². The minimum atomic E-state index is -3.98. The highest BCUT2D eigenvalue weighted by Crippen LogP contribution is 2.21. The Morgan fingerprint density at radius 2 is 1.46 bits per heavy atom. The third-order valence-electron chi connectivity index (χ3n) is 3.36. The van der Waals surface area contributed by atoms with Gasteiger partial charge in [-0.1, -0.05) is 4.47 Å². The van der Waals surface area contributed by atoms with E-state index in [1.54, 1.807) is 0 Å². The lowest BCUT2D eigenvalue weighted by atomic mass is 10.3. The fourth-order valence-corrected chi connectivity index (χ4v) is 3.93. The molecule has 140 valence electrons. The lowest BCUT2D eigenvalue weighted by Crippen LogP contribution is -2.25. The predicted molar refractivity (Wildman–Crippen MR) is 92.3 cm³/mol. The Morgan fingerprint density at radius 1 is 0.962 bits per heavy atom. The standard InChI is InChI=1S/C14H15N3O7S2/c1-16(24-2)26(22,23)14-7-3-11(4-8-14)15-25(20,21)13-9-5-12(6-10-13)17(18)19/h3-10,15H,1-2H3. The van der Waals surface area contributed by atoms with Gasteiger partial charge in [0.1, 0.15) is 0 Å². The molecular weight excluding hydrogens is 386 g/mol. The van der Waals surface area contributed by atoms with Crippen molar-refractivity contribution in [2.75, 3.05) is 18.9 Å². The maximum atomic E-state index is 12.3. The summed E-state index contributed by atoms with van der Waals surface area (Å²) < 4.78 is 51.7. The van der Waals surface area contributed by atoms with Crippen molar-refractivity contribution in [2.24, 2.45) is 0 Å². The van der Waals surface area contributed by atoms with Crippen LogP contribution in [0.2, 0.25) is 0 Å². The number of anilines is 1. The van der Waals surface area contributed by atoms with Crippen LogP contribution in [0.5, 0.6) is 0 Å². The molecule has 0 amide bonds. The van der Waals surface area contributed by atoms with Crippen LogP contribution in [0.4, 0.5) is 11.4 Å². The van der Waals surface area contributed by atoms with E-state index in [2.05, 4.69) is 9.56 Å². The molecule has 2 rings (SSSR count). The van der Waals surface area contributed by atoms with Crippen LogP contribution >= 0.6 is 0 Å². The van der Waals surface area contributed by atoms with E-state index in [1.165, 1.54) is 38.4 Å². The van der Waals surface area contributed by atoms with Crippen molar-refractivity contribution >= 4 is 31.4 Å². The van der Waals surface area contributed by atoms with Crippen LogP contribution in [0.15, 0.2) is 58.3 Å². The van der Waals surface area contributed by atoms with Crippen molar-refractivity contribution in [1.29, 1.82) is 0 Å². The largest absolute Gasteiger partial charge is 0.288 e. The van der Waals surface area contributed by atoms with Crippen LogP contribution in [0.1, 0.15) is 0 Å². The average molecular weight is 401 g/mol. The van der Waals surface area contributed by atoms with E-state index in [1.807, 2.05) is 0 Å². The molecule has 2 aromatic carbocycles. The molecule has 0 bridgehead atoms. The average Bonchev–Trinajstić information content (AvgIpc) is 2.61. The van der Waals surface area contributed by atoms with Crippen LogP contribution in [0, 0.1) is 10.1 Å². The highest BCUT2D eigenvalue weighted by molar-refractivity contribution is 7.92. The quantitative estimate of drug-likeness (QED) is 0.549. The van der Waals surface area contributed by atoms with Gasteiger partial charge in [-0.15, -0.1) is 0 Å². The highest BCUT2D eigenvalue weighted by atomic mass is 32.2. The third kappa shape index (κ3) is 4.16. The third-order valence-corrected chi connectivity index (χ3v) is 6.45. The van der Waals surface area contributed by atoms with Crippen molar-refractivity contribution in [2.45, 2.75) is 9.79 Å². The molecular formula is C14H15N3O7S2. The van der Waals surface area contributed by atoms with Gasteiger partial charge in [0.15, 0.2) is 0 Å². The second-order valence-corrected chi connectivity index (χ2v) is 8.60. The molecule has 0 heterocycles. The number of hydrogen-bond donors (Lipinski definition) is 1. The summed E-state index contributed by atoms with van der Waals surface area (Å²) in [6.07, 6.45) is 0. The summed E-state index contributed by atoms with van der Waals surface area (Å²) in [5.74, 6) is 0. The number of nitrogens with zero attached hydrogens (tertiary/aromatic N) is 2. The lowest BCUT2D eigenvalue weighted by molar-refractivity contribution is -0.384. The van der Waals surface area contributed by atoms with Crippen LogP contribution in [-0.4, -0.2) is 40.4 Å². The van der Waals surface area contributed by atoms with Crippen molar-refractivity contribution in [3.63, 3.8) is 0 Å². The number of nitro benzene ring substituents is 1. The molecule has 1 N–H and O–H groups in total. The molecule has 10 nitrogen and oxygen atoms in total. The van der Waals surface area contributed by atoms with E-state index in [9.17, 15) is 26.9 Å². The summed E-state index contributed by atoms with van der Waals surface area (Å²) in [7, 11) is -5.41. The van der Waals surface area contributed by atoms with Gasteiger partial charge in [0, 0.05) is 24.9 Å². The predicted octanol–water partition coefficient (Wildman–Crippen LogP) is 1.58. The van der Waals surface area contributed by atoms with Crippen molar-refractivity contribution in [3.8, 4) is 0 Å². The van der Waals surface area contributed by atoms with Crippen LogP contribution in [0.3, 0.4) is 0 Å². The zero-order valence-corrected chi connectivity index (χ0v) is 15.3. The second-order valence-electron chi connectivity index (χ2n) is 4.98. The number of hydrogen-bond acceptors (Lipinski definition) is 7. The molecule has 0 saturated carbocycles. The molecule has 0 aromatic heterocycles. The van der Waals surface area contributed by atoms with Gasteiger partial charge in [-0.05, 0) is 36.4 Å². The first-order valence-electron chi connectivity index (χ1n) is 6.98. The zero-order chi connectivity index (χ0) is 19.5. The number of rotatable bonds is 7. The molecule has 2 aromatic rings. The number of nitro groups is 1. The van der Waals surface area contributed by atoms with Gasteiger partial charge in [0.05, 0.1) is 21.8 Å². The first-order valence-corrected chi connectivity index (χ1v) is 9.90. The fraction of sp³-hybridized carbons (Fsp3) is 0.143. The monoisotopic (exact) mass is 401 g/mol. The smallest absolute Gasteiger partial charge is 0.269 e.